The molecule has 1 amide bonds. The number of nitrogens with one attached hydrogen (secondary N) is 2. The van der Waals surface area contributed by atoms with Gasteiger partial charge in [0.25, 0.3) is 0 Å². The van der Waals surface area contributed by atoms with Crippen molar-refractivity contribution in [1.82, 2.24) is 10.6 Å². The molecule has 1 spiro atoms. The third kappa shape index (κ3) is 3.19. The van der Waals surface area contributed by atoms with Crippen LogP contribution in [0.5, 0.6) is 0 Å². The summed E-state index contributed by atoms with van der Waals surface area (Å²) in [4.78, 5) is 12.1. The molecule has 1 heterocycles. The van der Waals surface area contributed by atoms with Gasteiger partial charge < -0.3 is 10.6 Å². The number of hydrogen-bond acceptors (Lipinski definition) is 2. The third-order valence-electron chi connectivity index (χ3n) is 5.08. The summed E-state index contributed by atoms with van der Waals surface area (Å²) in [6.07, 6.45) is 13.9. The van der Waals surface area contributed by atoms with E-state index in [9.17, 15) is 4.79 Å². The molecule has 3 nitrogen and oxygen atoms in total. The average molecular weight is 262 g/mol. The summed E-state index contributed by atoms with van der Waals surface area (Å²) < 4.78 is 0. The second-order valence-electron chi connectivity index (χ2n) is 6.60. The van der Waals surface area contributed by atoms with Crippen LogP contribution < -0.4 is 10.6 Å². The molecule has 106 valence electrons. The van der Waals surface area contributed by atoms with E-state index in [-0.39, 0.29) is 5.91 Å². The van der Waals surface area contributed by atoms with Crippen molar-refractivity contribution in [3.05, 3.63) is 11.6 Å². The molecule has 2 aliphatic carbocycles. The van der Waals surface area contributed by atoms with E-state index in [0.29, 0.717) is 18.0 Å². The molecular formula is C16H26N2O. The Bertz CT molecular complexity index is 371. The maximum atomic E-state index is 12.1. The maximum absolute atomic E-state index is 12.1. The van der Waals surface area contributed by atoms with Gasteiger partial charge in [-0.25, -0.2) is 0 Å². The van der Waals surface area contributed by atoms with Crippen molar-refractivity contribution in [2.75, 3.05) is 6.54 Å². The molecule has 1 aliphatic heterocycles. The lowest BCUT2D eigenvalue weighted by atomic mass is 9.70. The smallest absolute Gasteiger partial charge is 0.224 e. The third-order valence-corrected chi connectivity index (χ3v) is 5.08. The summed E-state index contributed by atoms with van der Waals surface area (Å²) in [5.74, 6) is 0.245. The minimum atomic E-state index is 0.245. The van der Waals surface area contributed by atoms with Crippen molar-refractivity contribution < 1.29 is 4.79 Å². The van der Waals surface area contributed by atoms with Crippen LogP contribution >= 0.6 is 0 Å². The van der Waals surface area contributed by atoms with Crippen LogP contribution in [0.2, 0.25) is 0 Å². The number of rotatable bonds is 3. The Labute approximate surface area is 116 Å². The number of amides is 1. The lowest BCUT2D eigenvalue weighted by Crippen LogP contribution is -2.59. The van der Waals surface area contributed by atoms with Gasteiger partial charge in [-0.3, -0.25) is 4.79 Å². The molecule has 0 bridgehead atoms. The highest BCUT2D eigenvalue weighted by Gasteiger charge is 2.41. The predicted molar refractivity (Wildman–Crippen MR) is 76.9 cm³/mol. The molecule has 3 rings (SSSR count). The van der Waals surface area contributed by atoms with E-state index in [1.54, 1.807) is 0 Å². The van der Waals surface area contributed by atoms with Crippen LogP contribution in [0.1, 0.15) is 64.2 Å². The largest absolute Gasteiger partial charge is 0.353 e. The summed E-state index contributed by atoms with van der Waals surface area (Å²) in [6, 6.07) is 0.401. The lowest BCUT2D eigenvalue weighted by Gasteiger charge is -2.48. The highest BCUT2D eigenvalue weighted by Crippen LogP contribution is 2.38. The van der Waals surface area contributed by atoms with E-state index in [2.05, 4.69) is 16.7 Å². The van der Waals surface area contributed by atoms with Crippen LogP contribution in [0.25, 0.3) is 0 Å². The van der Waals surface area contributed by atoms with Gasteiger partial charge >= 0.3 is 0 Å². The summed E-state index contributed by atoms with van der Waals surface area (Å²) in [5.41, 5.74) is 1.73. The molecule has 0 aromatic rings. The first-order chi connectivity index (χ1) is 9.26. The van der Waals surface area contributed by atoms with E-state index in [4.69, 9.17) is 0 Å². The zero-order valence-electron chi connectivity index (χ0n) is 11.8. The number of allylic oxidation sites excluding steroid dienone is 1. The Hall–Kier alpha value is -0.830. The molecular weight excluding hydrogens is 236 g/mol. The fourth-order valence-electron chi connectivity index (χ4n) is 3.82. The van der Waals surface area contributed by atoms with E-state index < -0.39 is 0 Å². The summed E-state index contributed by atoms with van der Waals surface area (Å²) in [5, 5.41) is 6.92. The van der Waals surface area contributed by atoms with Crippen molar-refractivity contribution in [1.29, 1.82) is 0 Å². The first-order valence-corrected chi connectivity index (χ1v) is 7.98. The van der Waals surface area contributed by atoms with Crippen LogP contribution in [0.4, 0.5) is 0 Å². The zero-order valence-corrected chi connectivity index (χ0v) is 11.8. The van der Waals surface area contributed by atoms with Gasteiger partial charge in [0.1, 0.15) is 0 Å². The molecule has 2 N–H and O–H groups in total. The van der Waals surface area contributed by atoms with Crippen molar-refractivity contribution in [3.63, 3.8) is 0 Å². The van der Waals surface area contributed by atoms with E-state index >= 15 is 0 Å². The van der Waals surface area contributed by atoms with Crippen molar-refractivity contribution in [2.24, 2.45) is 0 Å². The first-order valence-electron chi connectivity index (χ1n) is 7.98. The number of hydrogen-bond donors (Lipinski definition) is 2. The van der Waals surface area contributed by atoms with Gasteiger partial charge in [0, 0.05) is 18.0 Å². The molecule has 1 saturated heterocycles. The fourth-order valence-corrected chi connectivity index (χ4v) is 3.82. The maximum Gasteiger partial charge on any atom is 0.224 e. The molecule has 0 radical (unpaired) electrons. The predicted octanol–water partition coefficient (Wildman–Crippen LogP) is 2.67. The van der Waals surface area contributed by atoms with Crippen molar-refractivity contribution in [3.8, 4) is 0 Å². The van der Waals surface area contributed by atoms with Gasteiger partial charge in [-0.1, -0.05) is 11.6 Å². The van der Waals surface area contributed by atoms with E-state index in [0.717, 1.165) is 25.8 Å². The Morgan fingerprint density at radius 1 is 1.37 bits per heavy atom. The topological polar surface area (TPSA) is 41.1 Å². The highest BCUT2D eigenvalue weighted by molar-refractivity contribution is 5.78. The van der Waals surface area contributed by atoms with Gasteiger partial charge in [-0.05, 0) is 64.3 Å². The Morgan fingerprint density at radius 2 is 2.26 bits per heavy atom. The van der Waals surface area contributed by atoms with Gasteiger partial charge in [0.15, 0.2) is 0 Å². The Balaban J connectivity index is 1.47. The second kappa shape index (κ2) is 5.66. The number of carbonyl (C=O) groups is 1. The molecule has 1 unspecified atom stereocenters. The van der Waals surface area contributed by atoms with Crippen LogP contribution in [-0.2, 0) is 4.79 Å². The molecule has 1 saturated carbocycles. The summed E-state index contributed by atoms with van der Waals surface area (Å²) in [7, 11) is 0. The van der Waals surface area contributed by atoms with E-state index in [1.807, 2.05) is 0 Å². The van der Waals surface area contributed by atoms with Crippen LogP contribution in [0.3, 0.4) is 0 Å². The molecule has 3 aliphatic rings. The van der Waals surface area contributed by atoms with E-state index in [1.165, 1.54) is 44.1 Å². The van der Waals surface area contributed by atoms with Crippen LogP contribution in [-0.4, -0.2) is 24.0 Å². The molecule has 0 aromatic heterocycles. The highest BCUT2D eigenvalue weighted by atomic mass is 16.1. The first kappa shape index (κ1) is 13.2. The van der Waals surface area contributed by atoms with Gasteiger partial charge in [-0.2, -0.15) is 0 Å². The minimum absolute atomic E-state index is 0.245. The summed E-state index contributed by atoms with van der Waals surface area (Å²) in [6.45, 7) is 1.06. The minimum Gasteiger partial charge on any atom is -0.353 e. The SMILES string of the molecule is O=C(CC1=CCCCC1)NC1CCNC2(CCC2)C1. The monoisotopic (exact) mass is 262 g/mol. The number of piperidine rings is 1. The summed E-state index contributed by atoms with van der Waals surface area (Å²) >= 11 is 0. The lowest BCUT2D eigenvalue weighted by molar-refractivity contribution is -0.121. The standard InChI is InChI=1S/C16H26N2O/c19-15(11-13-5-2-1-3-6-13)18-14-7-10-17-16(12-14)8-4-9-16/h5,14,17H,1-4,6-12H2,(H,18,19). The average Bonchev–Trinajstić information content (AvgIpc) is 2.38. The molecule has 0 aromatic carbocycles. The Kier molecular flexibility index (Phi) is 3.92. The van der Waals surface area contributed by atoms with Crippen LogP contribution in [0.15, 0.2) is 11.6 Å². The quantitative estimate of drug-likeness (QED) is 0.768. The van der Waals surface area contributed by atoms with Crippen LogP contribution in [0, 0.1) is 0 Å². The van der Waals surface area contributed by atoms with Gasteiger partial charge in [-0.15, -0.1) is 0 Å². The Morgan fingerprint density at radius 3 is 2.95 bits per heavy atom. The molecule has 19 heavy (non-hydrogen) atoms. The zero-order chi connectivity index (χ0) is 13.1. The normalized spacial score (nSPS) is 29.5. The number of carbonyl (C=O) groups excluding carboxylic acids is 1. The van der Waals surface area contributed by atoms with Gasteiger partial charge in [0.05, 0.1) is 0 Å². The molecule has 1 atom stereocenters. The second-order valence-corrected chi connectivity index (χ2v) is 6.60. The molecule has 2 fully saturated rings. The fraction of sp³-hybridized carbons (Fsp3) is 0.812. The van der Waals surface area contributed by atoms with Crippen molar-refractivity contribution >= 4 is 5.91 Å². The van der Waals surface area contributed by atoms with Crippen molar-refractivity contribution in [2.45, 2.75) is 75.8 Å². The van der Waals surface area contributed by atoms with Gasteiger partial charge in [0.2, 0.25) is 5.91 Å². The molecule has 3 heteroatoms.